The summed E-state index contributed by atoms with van der Waals surface area (Å²) in [7, 11) is 0. The molecule has 1 atom stereocenters. The Labute approximate surface area is 403 Å². The molecule has 0 fully saturated rings. The quantitative estimate of drug-likeness (QED) is 0.138. The van der Waals surface area contributed by atoms with Crippen molar-refractivity contribution in [2.24, 2.45) is 0 Å². The van der Waals surface area contributed by atoms with Gasteiger partial charge in [-0.05, 0) is 154 Å². The molecular formula is C68H47N. The first-order chi connectivity index (χ1) is 34.1. The Morgan fingerprint density at radius 2 is 0.768 bits per heavy atom. The largest absolute Gasteiger partial charge is 0.310 e. The van der Waals surface area contributed by atoms with Crippen molar-refractivity contribution in [2.75, 3.05) is 4.90 Å². The zero-order valence-corrected chi connectivity index (χ0v) is 38.4. The van der Waals surface area contributed by atoms with Crippen LogP contribution in [0.4, 0.5) is 17.1 Å². The maximum atomic E-state index is 2.42. The molecule has 0 heterocycles. The van der Waals surface area contributed by atoms with Crippen molar-refractivity contribution in [2.45, 2.75) is 12.3 Å². The lowest BCUT2D eigenvalue weighted by Gasteiger charge is -2.29. The summed E-state index contributed by atoms with van der Waals surface area (Å²) in [5, 5.41) is 7.52. The summed E-state index contributed by atoms with van der Waals surface area (Å²) in [5.41, 5.74) is 19.3. The number of fused-ring (bicyclic) bond motifs is 7. The van der Waals surface area contributed by atoms with Crippen LogP contribution in [0.3, 0.4) is 0 Å². The lowest BCUT2D eigenvalue weighted by Crippen LogP contribution is -2.22. The van der Waals surface area contributed by atoms with Crippen molar-refractivity contribution < 1.29 is 0 Å². The van der Waals surface area contributed by atoms with E-state index in [1.165, 1.54) is 105 Å². The zero-order chi connectivity index (χ0) is 45.9. The van der Waals surface area contributed by atoms with Gasteiger partial charge in [0.15, 0.2) is 0 Å². The van der Waals surface area contributed by atoms with Gasteiger partial charge in [0.25, 0.3) is 0 Å². The first-order valence-electron chi connectivity index (χ1n) is 24.0. The van der Waals surface area contributed by atoms with Crippen molar-refractivity contribution in [1.82, 2.24) is 0 Å². The van der Waals surface area contributed by atoms with Gasteiger partial charge in [-0.15, -0.1) is 0 Å². The third-order valence-electron chi connectivity index (χ3n) is 14.7. The van der Waals surface area contributed by atoms with Crippen LogP contribution < -0.4 is 4.90 Å². The van der Waals surface area contributed by atoms with Crippen LogP contribution in [0.15, 0.2) is 267 Å². The fraction of sp³-hybridized carbons (Fsp3) is 0.0294. The fourth-order valence-corrected chi connectivity index (χ4v) is 11.4. The lowest BCUT2D eigenvalue weighted by atomic mass is 9.74. The van der Waals surface area contributed by atoms with Gasteiger partial charge in [0.05, 0.1) is 0 Å². The third-order valence-corrected chi connectivity index (χ3v) is 14.7. The van der Waals surface area contributed by atoms with Gasteiger partial charge >= 0.3 is 0 Å². The van der Waals surface area contributed by atoms with E-state index in [-0.39, 0.29) is 5.41 Å². The lowest BCUT2D eigenvalue weighted by molar-refractivity contribution is 0.714. The average Bonchev–Trinajstić information content (AvgIpc) is 3.69. The molecule has 1 aliphatic carbocycles. The van der Waals surface area contributed by atoms with Crippen LogP contribution in [0.2, 0.25) is 0 Å². The van der Waals surface area contributed by atoms with Gasteiger partial charge < -0.3 is 4.90 Å². The molecule has 0 radical (unpaired) electrons. The molecule has 0 amide bonds. The molecule has 12 aromatic carbocycles. The molecule has 0 saturated carbocycles. The van der Waals surface area contributed by atoms with Gasteiger partial charge in [0.1, 0.15) is 0 Å². The Morgan fingerprint density at radius 1 is 0.275 bits per heavy atom. The van der Waals surface area contributed by atoms with E-state index in [9.17, 15) is 0 Å². The van der Waals surface area contributed by atoms with Gasteiger partial charge in [-0.1, -0.05) is 224 Å². The number of rotatable bonds is 8. The second-order valence-electron chi connectivity index (χ2n) is 18.5. The van der Waals surface area contributed by atoms with Crippen molar-refractivity contribution in [3.8, 4) is 55.6 Å². The highest BCUT2D eigenvalue weighted by Gasteiger charge is 2.41. The predicted octanol–water partition coefficient (Wildman–Crippen LogP) is 18.6. The summed E-state index contributed by atoms with van der Waals surface area (Å²) in [6, 6.07) is 98.3. The van der Waals surface area contributed by atoms with E-state index in [0.29, 0.717) is 0 Å². The molecule has 0 aliphatic heterocycles. The van der Waals surface area contributed by atoms with E-state index in [1.54, 1.807) is 0 Å². The highest BCUT2D eigenvalue weighted by atomic mass is 15.1. The molecule has 1 nitrogen and oxygen atoms in total. The summed E-state index contributed by atoms with van der Waals surface area (Å²) in [4.78, 5) is 2.42. The predicted molar refractivity (Wildman–Crippen MR) is 293 cm³/mol. The molecule has 324 valence electrons. The Hall–Kier alpha value is -8.78. The summed E-state index contributed by atoms with van der Waals surface area (Å²) in [6.45, 7) is 2.38. The third kappa shape index (κ3) is 6.69. The minimum atomic E-state index is -0.271. The molecule has 12 aromatic rings. The first-order valence-corrected chi connectivity index (χ1v) is 24.0. The van der Waals surface area contributed by atoms with E-state index < -0.39 is 0 Å². The van der Waals surface area contributed by atoms with E-state index in [1.807, 2.05) is 0 Å². The standard InChI is InChI=1S/C68H47N/c1-68(52-24-9-4-10-25-52)64-31-16-15-28-60(64)62-45-55(41-43-65(62)68)69(54-39-34-48(35-40-54)57-30-17-23-47-18-11-12-26-56(47)57)53-37-32-46(33-38-53)51-36-42-59-58-27-13-14-29-61(58)66(49-19-5-2-6-20-49)67(63(59)44-51)50-21-7-3-8-22-50/h2-45H,1H3. The number of anilines is 3. The normalized spacial score (nSPS) is 13.9. The maximum Gasteiger partial charge on any atom is 0.0468 e. The second-order valence-corrected chi connectivity index (χ2v) is 18.5. The van der Waals surface area contributed by atoms with Gasteiger partial charge in [0, 0.05) is 22.5 Å². The Kier molecular flexibility index (Phi) is 9.70. The van der Waals surface area contributed by atoms with Crippen LogP contribution in [-0.2, 0) is 5.41 Å². The van der Waals surface area contributed by atoms with Crippen LogP contribution in [0.1, 0.15) is 23.6 Å². The van der Waals surface area contributed by atoms with E-state index in [2.05, 4.69) is 279 Å². The van der Waals surface area contributed by atoms with Crippen LogP contribution in [0.5, 0.6) is 0 Å². The minimum absolute atomic E-state index is 0.271. The molecule has 13 rings (SSSR count). The molecule has 1 heteroatoms. The highest BCUT2D eigenvalue weighted by Crippen LogP contribution is 2.54. The van der Waals surface area contributed by atoms with Crippen molar-refractivity contribution in [1.29, 1.82) is 0 Å². The van der Waals surface area contributed by atoms with Crippen molar-refractivity contribution in [3.63, 3.8) is 0 Å². The topological polar surface area (TPSA) is 3.24 Å². The molecule has 69 heavy (non-hydrogen) atoms. The van der Waals surface area contributed by atoms with Crippen LogP contribution >= 0.6 is 0 Å². The molecular weight excluding hydrogens is 831 g/mol. The summed E-state index contributed by atoms with van der Waals surface area (Å²) < 4.78 is 0. The molecule has 0 saturated heterocycles. The number of nitrogens with zero attached hydrogens (tertiary/aromatic N) is 1. The smallest absolute Gasteiger partial charge is 0.0468 e. The summed E-state index contributed by atoms with van der Waals surface area (Å²) in [5.74, 6) is 0. The van der Waals surface area contributed by atoms with E-state index in [0.717, 1.165) is 17.1 Å². The Balaban J connectivity index is 0.960. The van der Waals surface area contributed by atoms with Crippen molar-refractivity contribution >= 4 is 49.4 Å². The number of benzene rings is 12. The number of hydrogen-bond donors (Lipinski definition) is 0. The fourth-order valence-electron chi connectivity index (χ4n) is 11.4. The monoisotopic (exact) mass is 877 g/mol. The Morgan fingerprint density at radius 3 is 1.48 bits per heavy atom. The van der Waals surface area contributed by atoms with Crippen molar-refractivity contribution in [3.05, 3.63) is 284 Å². The average molecular weight is 878 g/mol. The van der Waals surface area contributed by atoms with Crippen LogP contribution in [0, 0.1) is 0 Å². The Bertz CT molecular complexity index is 3870. The van der Waals surface area contributed by atoms with Gasteiger partial charge in [-0.2, -0.15) is 0 Å². The summed E-state index contributed by atoms with van der Waals surface area (Å²) in [6.07, 6.45) is 0. The molecule has 0 aromatic heterocycles. The van der Waals surface area contributed by atoms with Crippen LogP contribution in [-0.4, -0.2) is 0 Å². The molecule has 0 spiro atoms. The summed E-state index contributed by atoms with van der Waals surface area (Å²) >= 11 is 0. The molecule has 1 aliphatic rings. The van der Waals surface area contributed by atoms with E-state index >= 15 is 0 Å². The van der Waals surface area contributed by atoms with E-state index in [4.69, 9.17) is 0 Å². The second kappa shape index (κ2) is 16.5. The van der Waals surface area contributed by atoms with Gasteiger partial charge in [0.2, 0.25) is 0 Å². The molecule has 0 bridgehead atoms. The minimum Gasteiger partial charge on any atom is -0.310 e. The molecule has 0 N–H and O–H groups in total. The zero-order valence-electron chi connectivity index (χ0n) is 38.4. The van der Waals surface area contributed by atoms with Crippen LogP contribution in [0.25, 0.3) is 88.0 Å². The van der Waals surface area contributed by atoms with Gasteiger partial charge in [-0.25, -0.2) is 0 Å². The first kappa shape index (κ1) is 40.5. The van der Waals surface area contributed by atoms with Gasteiger partial charge in [-0.3, -0.25) is 0 Å². The maximum absolute atomic E-state index is 2.42. The number of hydrogen-bond acceptors (Lipinski definition) is 1. The molecule has 1 unspecified atom stereocenters. The SMILES string of the molecule is CC1(c2ccccc2)c2ccccc2-c2cc(N(c3ccc(-c4ccc5c(c4)c(-c4ccccc4)c(-c4ccccc4)c4ccccc45)cc3)c3ccc(-c4cccc5ccccc45)cc3)ccc21. The highest BCUT2D eigenvalue weighted by molar-refractivity contribution is 6.22.